The lowest BCUT2D eigenvalue weighted by atomic mass is 9.82. The highest BCUT2D eigenvalue weighted by Crippen LogP contribution is 2.38. The van der Waals surface area contributed by atoms with Crippen LogP contribution in [0.5, 0.6) is 0 Å². The highest BCUT2D eigenvalue weighted by molar-refractivity contribution is 7.91. The number of hydrogen-bond acceptors (Lipinski definition) is 4. The van der Waals surface area contributed by atoms with E-state index in [-0.39, 0.29) is 28.4 Å². The van der Waals surface area contributed by atoms with Gasteiger partial charge in [-0.05, 0) is 48.5 Å². The van der Waals surface area contributed by atoms with Gasteiger partial charge in [0.2, 0.25) is 0 Å². The van der Waals surface area contributed by atoms with Gasteiger partial charge in [0.05, 0.1) is 10.6 Å². The second-order valence-electron chi connectivity index (χ2n) is 9.08. The highest BCUT2D eigenvalue weighted by Gasteiger charge is 2.39. The molecule has 4 nitrogen and oxygen atoms in total. The number of sulfone groups is 1. The van der Waals surface area contributed by atoms with E-state index in [1.54, 1.807) is 30.3 Å². The molecule has 0 bridgehead atoms. The summed E-state index contributed by atoms with van der Waals surface area (Å²) in [5, 5.41) is 0.127. The Morgan fingerprint density at radius 3 is 2.23 bits per heavy atom. The van der Waals surface area contributed by atoms with Gasteiger partial charge in [0.15, 0.2) is 18.2 Å². The zero-order valence-electron chi connectivity index (χ0n) is 16.6. The number of carbonyl (C=O) groups is 1. The van der Waals surface area contributed by atoms with Crippen molar-refractivity contribution in [1.82, 2.24) is 0 Å². The molecule has 146 valence electrons. The van der Waals surface area contributed by atoms with E-state index in [0.717, 1.165) is 6.42 Å². The monoisotopic (exact) mass is 396 g/mol. The van der Waals surface area contributed by atoms with E-state index in [0.29, 0.717) is 24.3 Å². The van der Waals surface area contributed by atoms with Gasteiger partial charge in [-0.15, -0.1) is 0 Å². The molecule has 0 amide bonds. The minimum atomic E-state index is -3.36. The largest absolute Gasteiger partial charge is 0.417 e. The Hall–Kier alpha value is -0.983. The van der Waals surface area contributed by atoms with E-state index in [9.17, 15) is 13.2 Å². The molecule has 1 aliphatic rings. The molecule has 1 saturated carbocycles. The van der Waals surface area contributed by atoms with Crippen LogP contribution in [-0.4, -0.2) is 34.9 Å². The Morgan fingerprint density at radius 1 is 1.08 bits per heavy atom. The quantitative estimate of drug-likeness (QED) is 0.666. The van der Waals surface area contributed by atoms with Crippen molar-refractivity contribution in [1.29, 1.82) is 0 Å². The molecule has 1 aliphatic carbocycles. The predicted molar refractivity (Wildman–Crippen MR) is 107 cm³/mol. The molecule has 0 saturated heterocycles. The van der Waals surface area contributed by atoms with Gasteiger partial charge in [-0.25, -0.2) is 8.42 Å². The van der Waals surface area contributed by atoms with Crippen molar-refractivity contribution in [2.24, 2.45) is 11.8 Å². The first kappa shape index (κ1) is 21.3. The van der Waals surface area contributed by atoms with Crippen molar-refractivity contribution >= 4 is 23.9 Å². The summed E-state index contributed by atoms with van der Waals surface area (Å²) in [5.74, 6) is 0.212. The zero-order chi connectivity index (χ0) is 19.6. The van der Waals surface area contributed by atoms with E-state index < -0.39 is 18.2 Å². The number of hydrogen-bond donors (Lipinski definition) is 0. The molecule has 1 fully saturated rings. The molecule has 0 unspecified atom stereocenters. The van der Waals surface area contributed by atoms with Crippen LogP contribution in [-0.2, 0) is 19.1 Å². The minimum Gasteiger partial charge on any atom is -0.417 e. The van der Waals surface area contributed by atoms with Gasteiger partial charge in [0, 0.05) is 19.4 Å². The van der Waals surface area contributed by atoms with Crippen LogP contribution in [0.15, 0.2) is 35.2 Å². The third-order valence-electron chi connectivity index (χ3n) is 5.74. The third-order valence-corrected chi connectivity index (χ3v) is 12.1. The summed E-state index contributed by atoms with van der Waals surface area (Å²) in [6.45, 7) is 11.6. The summed E-state index contributed by atoms with van der Waals surface area (Å²) < 4.78 is 31.5. The molecule has 2 rings (SSSR count). The molecule has 0 aromatic heterocycles. The fraction of sp³-hybridized carbons (Fsp3) is 0.650. The van der Waals surface area contributed by atoms with Gasteiger partial charge < -0.3 is 4.43 Å². The second-order valence-corrected chi connectivity index (χ2v) is 15.9. The van der Waals surface area contributed by atoms with Crippen molar-refractivity contribution in [3.63, 3.8) is 0 Å². The minimum absolute atomic E-state index is 0.0410. The number of carbonyl (C=O) groups excluding carboxylic acids is 1. The molecular formula is C20H32O4SSi. The summed E-state index contributed by atoms with van der Waals surface area (Å²) in [7, 11) is -5.22. The standard InChI is InChI=1S/C20H32O4SSi/c1-20(2,3)26(4,5)24-14-16-11-17(13-18(21)12-16)15-25(22,23)19-9-7-6-8-10-19/h6-10,16-17H,11-15H2,1-5H3/t16-,17+/m1/s1. The average molecular weight is 397 g/mol. The van der Waals surface area contributed by atoms with Gasteiger partial charge in [-0.2, -0.15) is 0 Å². The molecule has 0 N–H and O–H groups in total. The molecule has 1 aromatic carbocycles. The molecule has 0 heterocycles. The first-order valence-electron chi connectivity index (χ1n) is 9.34. The topological polar surface area (TPSA) is 60.4 Å². The van der Waals surface area contributed by atoms with Crippen LogP contribution >= 0.6 is 0 Å². The maximum atomic E-state index is 12.6. The zero-order valence-corrected chi connectivity index (χ0v) is 18.4. The summed E-state index contributed by atoms with van der Waals surface area (Å²) in [6, 6.07) is 8.51. The Bertz CT molecular complexity index is 720. The van der Waals surface area contributed by atoms with Crippen molar-refractivity contribution in [3.05, 3.63) is 30.3 Å². The van der Waals surface area contributed by atoms with Crippen LogP contribution in [0.25, 0.3) is 0 Å². The lowest BCUT2D eigenvalue weighted by Gasteiger charge is -2.38. The van der Waals surface area contributed by atoms with Crippen LogP contribution in [0, 0.1) is 11.8 Å². The molecule has 0 radical (unpaired) electrons. The number of ketones is 1. The van der Waals surface area contributed by atoms with E-state index in [2.05, 4.69) is 33.9 Å². The Kier molecular flexibility index (Phi) is 6.51. The summed E-state index contributed by atoms with van der Waals surface area (Å²) in [4.78, 5) is 12.5. The van der Waals surface area contributed by atoms with E-state index in [1.807, 2.05) is 0 Å². The van der Waals surface area contributed by atoms with Gasteiger partial charge in [0.1, 0.15) is 5.78 Å². The van der Waals surface area contributed by atoms with Crippen molar-refractivity contribution < 1.29 is 17.6 Å². The Balaban J connectivity index is 2.01. The molecule has 0 spiro atoms. The van der Waals surface area contributed by atoms with Crippen LogP contribution in [0.4, 0.5) is 0 Å². The van der Waals surface area contributed by atoms with Crippen molar-refractivity contribution in [2.45, 2.75) is 63.1 Å². The molecule has 1 aromatic rings. The second kappa shape index (κ2) is 7.95. The Labute approximate surface area is 159 Å². The smallest absolute Gasteiger partial charge is 0.191 e. The number of rotatable bonds is 6. The van der Waals surface area contributed by atoms with Crippen molar-refractivity contribution in [3.8, 4) is 0 Å². The van der Waals surface area contributed by atoms with Crippen LogP contribution in [0.2, 0.25) is 18.1 Å². The molecule has 6 heteroatoms. The van der Waals surface area contributed by atoms with E-state index in [1.165, 1.54) is 0 Å². The maximum Gasteiger partial charge on any atom is 0.191 e. The van der Waals surface area contributed by atoms with Gasteiger partial charge in [-0.1, -0.05) is 39.0 Å². The van der Waals surface area contributed by atoms with Crippen LogP contribution < -0.4 is 0 Å². The first-order chi connectivity index (χ1) is 11.9. The fourth-order valence-corrected chi connectivity index (χ4v) is 5.92. The molecular weight excluding hydrogens is 364 g/mol. The normalized spacial score (nSPS) is 22.4. The lowest BCUT2D eigenvalue weighted by Crippen LogP contribution is -2.43. The van der Waals surface area contributed by atoms with Gasteiger partial charge in [0.25, 0.3) is 0 Å². The van der Waals surface area contributed by atoms with Gasteiger partial charge >= 0.3 is 0 Å². The molecule has 0 aliphatic heterocycles. The summed E-state index contributed by atoms with van der Waals surface area (Å²) in [6.07, 6.45) is 1.62. The highest BCUT2D eigenvalue weighted by atomic mass is 32.2. The average Bonchev–Trinajstić information content (AvgIpc) is 2.52. The fourth-order valence-electron chi connectivity index (χ4n) is 3.20. The number of benzene rings is 1. The van der Waals surface area contributed by atoms with Crippen molar-refractivity contribution in [2.75, 3.05) is 12.4 Å². The number of Topliss-reactive ketones (excluding diaryl/α,β-unsaturated/α-hetero) is 1. The van der Waals surface area contributed by atoms with E-state index >= 15 is 0 Å². The molecule has 2 atom stereocenters. The maximum absolute atomic E-state index is 12.6. The van der Waals surface area contributed by atoms with Gasteiger partial charge in [-0.3, -0.25) is 4.79 Å². The summed E-state index contributed by atoms with van der Waals surface area (Å²) >= 11 is 0. The molecule has 26 heavy (non-hydrogen) atoms. The van der Waals surface area contributed by atoms with E-state index in [4.69, 9.17) is 4.43 Å². The predicted octanol–water partition coefficient (Wildman–Crippen LogP) is 4.47. The van der Waals surface area contributed by atoms with Crippen LogP contribution in [0.3, 0.4) is 0 Å². The Morgan fingerprint density at radius 2 is 1.65 bits per heavy atom. The lowest BCUT2D eigenvalue weighted by molar-refractivity contribution is -0.123. The van der Waals surface area contributed by atoms with Crippen LogP contribution in [0.1, 0.15) is 40.0 Å². The summed E-state index contributed by atoms with van der Waals surface area (Å²) in [5.41, 5.74) is 0. The first-order valence-corrected chi connectivity index (χ1v) is 13.9. The SMILES string of the molecule is CC(C)(C)[Si](C)(C)OC[C@H]1CC(=O)C[C@@H](CS(=O)(=O)c2ccccc2)C1. The third kappa shape index (κ3) is 5.51.